The van der Waals surface area contributed by atoms with Crippen molar-refractivity contribution in [2.24, 2.45) is 5.73 Å². The molecule has 0 spiro atoms. The number of nitrogens with two attached hydrogens (primary N) is 1. The summed E-state index contributed by atoms with van der Waals surface area (Å²) in [5.41, 5.74) is 6.45. The molecule has 1 rings (SSSR count). The molecule has 1 aromatic rings. The molecule has 0 fully saturated rings. The van der Waals surface area contributed by atoms with Crippen LogP contribution in [0.2, 0.25) is 0 Å². The van der Waals surface area contributed by atoms with Crippen LogP contribution in [0.25, 0.3) is 0 Å². The van der Waals surface area contributed by atoms with Crippen molar-refractivity contribution in [1.29, 1.82) is 0 Å². The van der Waals surface area contributed by atoms with Crippen LogP contribution < -0.4 is 10.5 Å². The van der Waals surface area contributed by atoms with Crippen LogP contribution in [0.15, 0.2) is 24.3 Å². The molecule has 0 amide bonds. The van der Waals surface area contributed by atoms with Gasteiger partial charge in [-0.25, -0.2) is 0 Å². The fourth-order valence-corrected chi connectivity index (χ4v) is 1.35. The Labute approximate surface area is 105 Å². The van der Waals surface area contributed by atoms with Crippen molar-refractivity contribution in [3.8, 4) is 5.75 Å². The van der Waals surface area contributed by atoms with E-state index in [1.807, 2.05) is 6.92 Å². The van der Waals surface area contributed by atoms with E-state index in [2.05, 4.69) is 4.74 Å². The molecule has 0 saturated heterocycles. The molecule has 98 valence electrons. The number of aliphatic hydroxyl groups excluding tert-OH is 1. The minimum absolute atomic E-state index is 0. The molecule has 0 aromatic heterocycles. The van der Waals surface area contributed by atoms with Crippen molar-refractivity contribution >= 4 is 12.4 Å². The first kappa shape index (κ1) is 16.1. The Morgan fingerprint density at radius 3 is 2.24 bits per heavy atom. The van der Waals surface area contributed by atoms with E-state index in [1.165, 1.54) is 12.1 Å². The van der Waals surface area contributed by atoms with Crippen molar-refractivity contribution in [2.75, 3.05) is 0 Å². The summed E-state index contributed by atoms with van der Waals surface area (Å²) in [6, 6.07) is 5.45. The number of benzene rings is 1. The summed E-state index contributed by atoms with van der Waals surface area (Å²) in [5, 5.41) is 9.52. The first-order valence-electron chi connectivity index (χ1n) is 5.03. The molecule has 17 heavy (non-hydrogen) atoms. The Morgan fingerprint density at radius 1 is 1.29 bits per heavy atom. The summed E-state index contributed by atoms with van der Waals surface area (Å²) in [4.78, 5) is 0. The number of aliphatic hydroxyl groups is 1. The Bertz CT molecular complexity index is 322. The van der Waals surface area contributed by atoms with Crippen LogP contribution in [0.1, 0.15) is 24.9 Å². The highest BCUT2D eigenvalue weighted by atomic mass is 35.5. The van der Waals surface area contributed by atoms with Crippen molar-refractivity contribution in [3.63, 3.8) is 0 Å². The second kappa shape index (κ2) is 7.42. The van der Waals surface area contributed by atoms with Crippen LogP contribution in [0.5, 0.6) is 5.75 Å². The molecule has 2 atom stereocenters. The summed E-state index contributed by atoms with van der Waals surface area (Å²) in [6.07, 6.45) is -0.0990. The van der Waals surface area contributed by atoms with E-state index in [4.69, 9.17) is 5.73 Å². The van der Waals surface area contributed by atoms with E-state index < -0.39 is 18.8 Å². The maximum absolute atomic E-state index is 11.9. The first-order chi connectivity index (χ1) is 7.54. The Kier molecular flexibility index (Phi) is 7.03. The van der Waals surface area contributed by atoms with Crippen LogP contribution in [-0.2, 0) is 0 Å². The molecule has 0 aliphatic heterocycles. The largest absolute Gasteiger partial charge is 0.435 e. The van der Waals surface area contributed by atoms with Gasteiger partial charge < -0.3 is 15.6 Å². The highest BCUT2D eigenvalue weighted by Gasteiger charge is 2.14. The van der Waals surface area contributed by atoms with Gasteiger partial charge in [0.2, 0.25) is 0 Å². The SMILES string of the molecule is CC[C@H](O)[C@H](N)c1ccc(OC(F)F)cc1.Cl. The van der Waals surface area contributed by atoms with Crippen molar-refractivity contribution in [1.82, 2.24) is 0 Å². The van der Waals surface area contributed by atoms with Gasteiger partial charge in [-0.05, 0) is 24.1 Å². The Hall–Kier alpha value is -0.910. The molecule has 1 aromatic carbocycles. The third-order valence-corrected chi connectivity index (χ3v) is 2.32. The lowest BCUT2D eigenvalue weighted by atomic mass is 10.0. The second-order valence-corrected chi connectivity index (χ2v) is 3.45. The van der Waals surface area contributed by atoms with Gasteiger partial charge in [0.1, 0.15) is 5.75 Å². The first-order valence-corrected chi connectivity index (χ1v) is 5.03. The number of halogens is 3. The lowest BCUT2D eigenvalue weighted by Gasteiger charge is -2.17. The number of rotatable bonds is 5. The molecular formula is C11H16ClF2NO2. The number of hydrogen-bond acceptors (Lipinski definition) is 3. The number of alkyl halides is 2. The van der Waals surface area contributed by atoms with Crippen molar-refractivity contribution in [3.05, 3.63) is 29.8 Å². The van der Waals surface area contributed by atoms with Crippen molar-refractivity contribution in [2.45, 2.75) is 32.1 Å². The van der Waals surface area contributed by atoms with Gasteiger partial charge in [0.15, 0.2) is 0 Å². The molecule has 0 unspecified atom stereocenters. The summed E-state index contributed by atoms with van der Waals surface area (Å²) < 4.78 is 28.0. The van der Waals surface area contributed by atoms with E-state index in [-0.39, 0.29) is 18.2 Å². The average molecular weight is 268 g/mol. The van der Waals surface area contributed by atoms with E-state index in [1.54, 1.807) is 12.1 Å². The molecule has 6 heteroatoms. The van der Waals surface area contributed by atoms with Crippen LogP contribution in [0.3, 0.4) is 0 Å². The van der Waals surface area contributed by atoms with Gasteiger partial charge >= 0.3 is 6.61 Å². The smallest absolute Gasteiger partial charge is 0.387 e. The third kappa shape index (κ3) is 4.85. The average Bonchev–Trinajstić information content (AvgIpc) is 2.27. The summed E-state index contributed by atoms with van der Waals surface area (Å²) >= 11 is 0. The van der Waals surface area contributed by atoms with Gasteiger partial charge in [-0.1, -0.05) is 19.1 Å². The topological polar surface area (TPSA) is 55.5 Å². The van der Waals surface area contributed by atoms with E-state index in [9.17, 15) is 13.9 Å². The monoisotopic (exact) mass is 267 g/mol. The van der Waals surface area contributed by atoms with E-state index in [0.717, 1.165) is 0 Å². The maximum Gasteiger partial charge on any atom is 0.387 e. The zero-order valence-electron chi connectivity index (χ0n) is 9.35. The molecule has 0 aliphatic carbocycles. The molecule has 0 saturated carbocycles. The molecule has 3 N–H and O–H groups in total. The normalized spacial score (nSPS) is 14.0. The maximum atomic E-state index is 11.9. The Morgan fingerprint density at radius 2 is 1.82 bits per heavy atom. The minimum Gasteiger partial charge on any atom is -0.435 e. The predicted molar refractivity (Wildman–Crippen MR) is 63.5 cm³/mol. The molecule has 0 aliphatic rings. The summed E-state index contributed by atoms with van der Waals surface area (Å²) in [5.74, 6) is 0.0805. The highest BCUT2D eigenvalue weighted by Crippen LogP contribution is 2.20. The molecule has 3 nitrogen and oxygen atoms in total. The Balaban J connectivity index is 0.00000256. The van der Waals surface area contributed by atoms with Gasteiger partial charge in [-0.15, -0.1) is 12.4 Å². The fraction of sp³-hybridized carbons (Fsp3) is 0.455. The highest BCUT2D eigenvalue weighted by molar-refractivity contribution is 5.85. The third-order valence-electron chi connectivity index (χ3n) is 2.32. The standard InChI is InChI=1S/C11H15F2NO2.ClH/c1-2-9(15)10(14)7-3-5-8(6-4-7)16-11(12)13;/h3-6,9-11,15H,2,14H2,1H3;1H/t9-,10+;/m0./s1. The summed E-state index contributed by atoms with van der Waals surface area (Å²) in [7, 11) is 0. The van der Waals surface area contributed by atoms with Crippen molar-refractivity contribution < 1.29 is 18.6 Å². The van der Waals surface area contributed by atoms with Crippen LogP contribution in [0, 0.1) is 0 Å². The quantitative estimate of drug-likeness (QED) is 0.862. The zero-order valence-corrected chi connectivity index (χ0v) is 10.2. The molecular weight excluding hydrogens is 252 g/mol. The van der Waals surface area contributed by atoms with E-state index in [0.29, 0.717) is 12.0 Å². The zero-order chi connectivity index (χ0) is 12.1. The lowest BCUT2D eigenvalue weighted by molar-refractivity contribution is -0.0498. The minimum atomic E-state index is -2.83. The van der Waals surface area contributed by atoms with Gasteiger partial charge in [0.25, 0.3) is 0 Å². The van der Waals surface area contributed by atoms with E-state index >= 15 is 0 Å². The summed E-state index contributed by atoms with van der Waals surface area (Å²) in [6.45, 7) is -1.01. The van der Waals surface area contributed by atoms with Gasteiger partial charge in [0.05, 0.1) is 12.1 Å². The van der Waals surface area contributed by atoms with Crippen LogP contribution in [0.4, 0.5) is 8.78 Å². The number of ether oxygens (including phenoxy) is 1. The molecule has 0 radical (unpaired) electrons. The predicted octanol–water partition coefficient (Wildman–Crippen LogP) is 2.48. The van der Waals surface area contributed by atoms with Crippen LogP contribution in [-0.4, -0.2) is 17.8 Å². The van der Waals surface area contributed by atoms with Gasteiger partial charge in [0, 0.05) is 0 Å². The van der Waals surface area contributed by atoms with Gasteiger partial charge in [-0.3, -0.25) is 0 Å². The number of hydrogen-bond donors (Lipinski definition) is 2. The lowest BCUT2D eigenvalue weighted by Crippen LogP contribution is -2.25. The molecule has 0 bridgehead atoms. The second-order valence-electron chi connectivity index (χ2n) is 3.45. The molecule has 0 heterocycles. The van der Waals surface area contributed by atoms with Crippen LogP contribution >= 0.6 is 12.4 Å². The fourth-order valence-electron chi connectivity index (χ4n) is 1.35. The van der Waals surface area contributed by atoms with Gasteiger partial charge in [-0.2, -0.15) is 8.78 Å².